The van der Waals surface area contributed by atoms with Crippen molar-refractivity contribution in [2.45, 2.75) is 45.4 Å². The van der Waals surface area contributed by atoms with Crippen molar-refractivity contribution in [3.05, 3.63) is 41.5 Å². The number of allylic oxidation sites excluding steroid dienone is 1. The van der Waals surface area contributed by atoms with Crippen molar-refractivity contribution in [1.82, 2.24) is 5.32 Å². The third kappa shape index (κ3) is 5.72. The first kappa shape index (κ1) is 16.3. The Morgan fingerprint density at radius 3 is 2.77 bits per heavy atom. The van der Waals surface area contributed by atoms with Crippen LogP contribution in [0, 0.1) is 6.92 Å². The van der Waals surface area contributed by atoms with Crippen LogP contribution in [-0.2, 0) is 9.59 Å². The van der Waals surface area contributed by atoms with Crippen LogP contribution in [0.3, 0.4) is 0 Å². The fourth-order valence-electron chi connectivity index (χ4n) is 2.63. The summed E-state index contributed by atoms with van der Waals surface area (Å²) < 4.78 is 0. The average molecular weight is 300 g/mol. The Kier molecular flexibility index (Phi) is 6.19. The minimum atomic E-state index is -0.278. The maximum Gasteiger partial charge on any atom is 0.233 e. The number of benzene rings is 1. The van der Waals surface area contributed by atoms with Crippen molar-refractivity contribution in [3.63, 3.8) is 0 Å². The molecule has 0 aliphatic heterocycles. The zero-order valence-electron chi connectivity index (χ0n) is 13.2. The van der Waals surface area contributed by atoms with Gasteiger partial charge in [-0.1, -0.05) is 23.8 Å². The molecule has 2 rings (SSSR count). The summed E-state index contributed by atoms with van der Waals surface area (Å²) in [5.74, 6) is -0.499. The van der Waals surface area contributed by atoms with Gasteiger partial charge in [-0.15, -0.1) is 0 Å². The summed E-state index contributed by atoms with van der Waals surface area (Å²) in [6.45, 7) is 2.57. The Bertz CT molecular complexity index is 564. The zero-order chi connectivity index (χ0) is 15.8. The first-order chi connectivity index (χ1) is 10.6. The minimum Gasteiger partial charge on any atom is -0.355 e. The number of aryl methyl sites for hydroxylation is 1. The SMILES string of the molecule is Cc1cccc(NC(=O)CC(=O)NCCC2=CCCCC2)c1. The molecule has 0 heterocycles. The topological polar surface area (TPSA) is 58.2 Å². The molecule has 1 aromatic carbocycles. The summed E-state index contributed by atoms with van der Waals surface area (Å²) in [4.78, 5) is 23.6. The van der Waals surface area contributed by atoms with Gasteiger partial charge in [0.15, 0.2) is 0 Å². The van der Waals surface area contributed by atoms with Crippen molar-refractivity contribution in [1.29, 1.82) is 0 Å². The van der Waals surface area contributed by atoms with Gasteiger partial charge >= 0.3 is 0 Å². The molecule has 118 valence electrons. The van der Waals surface area contributed by atoms with E-state index in [4.69, 9.17) is 0 Å². The lowest BCUT2D eigenvalue weighted by Gasteiger charge is -2.13. The van der Waals surface area contributed by atoms with Crippen molar-refractivity contribution in [2.24, 2.45) is 0 Å². The molecular formula is C18H24N2O2. The van der Waals surface area contributed by atoms with E-state index in [1.54, 1.807) is 0 Å². The quantitative estimate of drug-likeness (QED) is 0.625. The molecule has 0 aromatic heterocycles. The summed E-state index contributed by atoms with van der Waals surface area (Å²) in [6.07, 6.45) is 7.86. The summed E-state index contributed by atoms with van der Waals surface area (Å²) >= 11 is 0. The van der Waals surface area contributed by atoms with Crippen LogP contribution in [-0.4, -0.2) is 18.4 Å². The molecule has 0 fully saturated rings. The Morgan fingerprint density at radius 2 is 2.05 bits per heavy atom. The Morgan fingerprint density at radius 1 is 1.18 bits per heavy atom. The van der Waals surface area contributed by atoms with E-state index in [1.807, 2.05) is 31.2 Å². The molecule has 0 radical (unpaired) electrons. The second-order valence-corrected chi connectivity index (χ2v) is 5.80. The van der Waals surface area contributed by atoms with Crippen LogP contribution in [0.1, 0.15) is 44.1 Å². The van der Waals surface area contributed by atoms with Crippen LogP contribution in [0.5, 0.6) is 0 Å². The molecule has 0 atom stereocenters. The Balaban J connectivity index is 1.67. The highest BCUT2D eigenvalue weighted by atomic mass is 16.2. The molecule has 1 aromatic rings. The fraction of sp³-hybridized carbons (Fsp3) is 0.444. The first-order valence-electron chi connectivity index (χ1n) is 7.94. The molecule has 0 spiro atoms. The van der Waals surface area contributed by atoms with E-state index < -0.39 is 0 Å². The predicted molar refractivity (Wildman–Crippen MR) is 88.6 cm³/mol. The molecule has 0 saturated carbocycles. The lowest BCUT2D eigenvalue weighted by molar-refractivity contribution is -0.126. The smallest absolute Gasteiger partial charge is 0.233 e. The molecule has 22 heavy (non-hydrogen) atoms. The minimum absolute atomic E-state index is 0.132. The molecule has 1 aliphatic rings. The number of amides is 2. The predicted octanol–water partition coefficient (Wildman–Crippen LogP) is 3.33. The number of rotatable bonds is 6. The molecule has 0 unspecified atom stereocenters. The summed E-state index contributed by atoms with van der Waals surface area (Å²) in [7, 11) is 0. The third-order valence-corrected chi connectivity index (χ3v) is 3.78. The molecule has 0 bridgehead atoms. The van der Waals surface area contributed by atoms with Gasteiger partial charge in [0, 0.05) is 12.2 Å². The first-order valence-corrected chi connectivity index (χ1v) is 7.94. The molecule has 2 N–H and O–H groups in total. The highest BCUT2D eigenvalue weighted by Crippen LogP contribution is 2.19. The monoisotopic (exact) mass is 300 g/mol. The Labute approximate surface area is 132 Å². The number of nitrogens with one attached hydrogen (secondary N) is 2. The van der Waals surface area contributed by atoms with E-state index in [0.717, 1.165) is 30.5 Å². The lowest BCUT2D eigenvalue weighted by Crippen LogP contribution is -2.29. The van der Waals surface area contributed by atoms with Gasteiger partial charge in [0.2, 0.25) is 11.8 Å². The second-order valence-electron chi connectivity index (χ2n) is 5.80. The van der Waals surface area contributed by atoms with Crippen LogP contribution in [0.2, 0.25) is 0 Å². The summed E-state index contributed by atoms with van der Waals surface area (Å²) in [5, 5.41) is 5.56. The van der Waals surface area contributed by atoms with Gasteiger partial charge in [-0.3, -0.25) is 9.59 Å². The number of carbonyl (C=O) groups is 2. The maximum atomic E-state index is 11.8. The van der Waals surface area contributed by atoms with Gasteiger partial charge in [0.25, 0.3) is 0 Å². The van der Waals surface area contributed by atoms with Gasteiger partial charge in [-0.05, 0) is 56.7 Å². The number of hydrogen-bond acceptors (Lipinski definition) is 2. The third-order valence-electron chi connectivity index (χ3n) is 3.78. The van der Waals surface area contributed by atoms with Crippen molar-refractivity contribution in [3.8, 4) is 0 Å². The molecular weight excluding hydrogens is 276 g/mol. The van der Waals surface area contributed by atoms with Gasteiger partial charge in [-0.25, -0.2) is 0 Å². The van der Waals surface area contributed by atoms with E-state index in [2.05, 4.69) is 16.7 Å². The highest BCUT2D eigenvalue weighted by molar-refractivity contribution is 6.03. The second kappa shape index (κ2) is 8.37. The highest BCUT2D eigenvalue weighted by Gasteiger charge is 2.10. The van der Waals surface area contributed by atoms with Crippen LogP contribution in [0.25, 0.3) is 0 Å². The van der Waals surface area contributed by atoms with Crippen molar-refractivity contribution >= 4 is 17.5 Å². The van der Waals surface area contributed by atoms with Crippen LogP contribution in [0.15, 0.2) is 35.9 Å². The number of hydrogen-bond donors (Lipinski definition) is 2. The molecule has 0 saturated heterocycles. The number of carbonyl (C=O) groups excluding carboxylic acids is 2. The van der Waals surface area contributed by atoms with Gasteiger partial charge in [0.05, 0.1) is 0 Å². The van der Waals surface area contributed by atoms with Gasteiger partial charge in [0.1, 0.15) is 6.42 Å². The van der Waals surface area contributed by atoms with Gasteiger partial charge in [-0.2, -0.15) is 0 Å². The Hall–Kier alpha value is -2.10. The molecule has 4 nitrogen and oxygen atoms in total. The van der Waals surface area contributed by atoms with Crippen LogP contribution in [0.4, 0.5) is 5.69 Å². The van der Waals surface area contributed by atoms with E-state index >= 15 is 0 Å². The van der Waals surface area contributed by atoms with Crippen molar-refractivity contribution < 1.29 is 9.59 Å². The van der Waals surface area contributed by atoms with E-state index in [-0.39, 0.29) is 18.2 Å². The maximum absolute atomic E-state index is 11.8. The summed E-state index contributed by atoms with van der Waals surface area (Å²) in [6, 6.07) is 7.54. The fourth-order valence-corrected chi connectivity index (χ4v) is 2.63. The summed E-state index contributed by atoms with van der Waals surface area (Å²) in [5.41, 5.74) is 3.23. The average Bonchev–Trinajstić information content (AvgIpc) is 2.48. The van der Waals surface area contributed by atoms with E-state index in [0.29, 0.717) is 6.54 Å². The number of anilines is 1. The van der Waals surface area contributed by atoms with Gasteiger partial charge < -0.3 is 10.6 Å². The van der Waals surface area contributed by atoms with Crippen molar-refractivity contribution in [2.75, 3.05) is 11.9 Å². The largest absolute Gasteiger partial charge is 0.355 e. The normalized spacial score (nSPS) is 14.1. The molecule has 2 amide bonds. The van der Waals surface area contributed by atoms with Crippen LogP contribution < -0.4 is 10.6 Å². The lowest BCUT2D eigenvalue weighted by atomic mass is 9.97. The zero-order valence-corrected chi connectivity index (χ0v) is 13.2. The van der Waals surface area contributed by atoms with E-state index in [9.17, 15) is 9.59 Å². The standard InChI is InChI=1S/C18H24N2O2/c1-14-6-5-9-16(12-14)20-18(22)13-17(21)19-11-10-15-7-3-2-4-8-15/h5-7,9,12H,2-4,8,10-11,13H2,1H3,(H,19,21)(H,20,22). The van der Waals surface area contributed by atoms with E-state index in [1.165, 1.54) is 18.4 Å². The van der Waals surface area contributed by atoms with Crippen LogP contribution >= 0.6 is 0 Å². The molecule has 4 heteroatoms. The molecule has 1 aliphatic carbocycles.